The number of rotatable bonds is 4. The Hall–Kier alpha value is -2.90. The molecule has 3 heterocycles. The van der Waals surface area contributed by atoms with Gasteiger partial charge in [-0.05, 0) is 36.8 Å². The average molecular weight is 393 g/mol. The maximum absolute atomic E-state index is 13.5. The number of nitrogens with zero attached hydrogens (tertiary/aromatic N) is 3. The van der Waals surface area contributed by atoms with Crippen molar-refractivity contribution in [3.05, 3.63) is 54.1 Å². The minimum absolute atomic E-state index is 0.157. The summed E-state index contributed by atoms with van der Waals surface area (Å²) >= 11 is 0. The quantitative estimate of drug-likeness (QED) is 0.743. The Kier molecular flexibility index (Phi) is 4.29. The average Bonchev–Trinajstić information content (AvgIpc) is 3.40. The smallest absolute Gasteiger partial charge is 0.253 e. The largest absolute Gasteiger partial charge is 0.497 e. The van der Waals surface area contributed by atoms with Crippen LogP contribution in [0.3, 0.4) is 0 Å². The number of carbonyl (C=O) groups is 2. The summed E-state index contributed by atoms with van der Waals surface area (Å²) in [6, 6.07) is 14.1. The Balaban J connectivity index is 1.57. The highest BCUT2D eigenvalue weighted by Crippen LogP contribution is 2.50. The number of hydrogen-bond donors (Lipinski definition) is 0. The van der Waals surface area contributed by atoms with E-state index in [-0.39, 0.29) is 17.9 Å². The molecule has 7 nitrogen and oxygen atoms in total. The third-order valence-electron chi connectivity index (χ3n) is 6.19. The second kappa shape index (κ2) is 6.86. The highest BCUT2D eigenvalue weighted by Gasteiger charge is 2.63. The van der Waals surface area contributed by atoms with Crippen molar-refractivity contribution in [3.8, 4) is 11.5 Å². The second-order valence-electron chi connectivity index (χ2n) is 7.55. The standard InChI is InChI=1S/C22H23N3O4/c1-28-15-10-8-14(9-11-15)25-21(26)18-19(16-6-3-4-7-17(16)29-2)23-12-5-13-24(23)20(18)22(25)27/h3-4,6-11,18-20H,5,12-13H2,1-2H3/t18-,19+,20-/m0/s1. The van der Waals surface area contributed by atoms with Gasteiger partial charge in [0.05, 0.1) is 31.9 Å². The number of fused-ring (bicyclic) bond motifs is 3. The molecule has 0 bridgehead atoms. The van der Waals surface area contributed by atoms with Gasteiger partial charge in [0.1, 0.15) is 17.5 Å². The van der Waals surface area contributed by atoms with Crippen molar-refractivity contribution in [2.24, 2.45) is 5.92 Å². The SMILES string of the molecule is COc1ccc(N2C(=O)[C@@H]3[C@@H](C2=O)N2CCCN2[C@@H]3c2ccccc2OC)cc1. The minimum Gasteiger partial charge on any atom is -0.497 e. The van der Waals surface area contributed by atoms with Crippen LogP contribution in [0.4, 0.5) is 5.69 Å². The summed E-state index contributed by atoms with van der Waals surface area (Å²) in [5.41, 5.74) is 1.53. The van der Waals surface area contributed by atoms with Crippen molar-refractivity contribution in [2.75, 3.05) is 32.2 Å². The number of para-hydroxylation sites is 1. The second-order valence-corrected chi connectivity index (χ2v) is 7.55. The van der Waals surface area contributed by atoms with Crippen molar-refractivity contribution in [1.82, 2.24) is 10.0 Å². The summed E-state index contributed by atoms with van der Waals surface area (Å²) < 4.78 is 10.8. The fraction of sp³-hybridized carbons (Fsp3) is 0.364. The molecule has 0 aromatic heterocycles. The molecule has 3 atom stereocenters. The zero-order chi connectivity index (χ0) is 20.1. The van der Waals surface area contributed by atoms with Crippen LogP contribution in [-0.4, -0.2) is 55.2 Å². The van der Waals surface area contributed by atoms with Gasteiger partial charge in [0.25, 0.3) is 5.91 Å². The summed E-state index contributed by atoms with van der Waals surface area (Å²) in [7, 11) is 3.23. The maximum atomic E-state index is 13.5. The molecule has 0 spiro atoms. The van der Waals surface area contributed by atoms with E-state index in [2.05, 4.69) is 10.0 Å². The van der Waals surface area contributed by atoms with Crippen molar-refractivity contribution < 1.29 is 19.1 Å². The van der Waals surface area contributed by atoms with Crippen LogP contribution >= 0.6 is 0 Å². The molecule has 3 aliphatic heterocycles. The van der Waals surface area contributed by atoms with Crippen molar-refractivity contribution >= 4 is 17.5 Å². The first-order valence-electron chi connectivity index (χ1n) is 9.83. The highest BCUT2D eigenvalue weighted by molar-refractivity contribution is 6.24. The van der Waals surface area contributed by atoms with Crippen LogP contribution in [0.2, 0.25) is 0 Å². The van der Waals surface area contributed by atoms with Gasteiger partial charge in [0.2, 0.25) is 5.91 Å². The molecule has 3 aliphatic rings. The zero-order valence-corrected chi connectivity index (χ0v) is 16.4. The van der Waals surface area contributed by atoms with Crippen LogP contribution in [-0.2, 0) is 9.59 Å². The molecule has 2 aromatic rings. The van der Waals surface area contributed by atoms with Gasteiger partial charge < -0.3 is 9.47 Å². The number of amides is 2. The Bertz CT molecular complexity index is 961. The lowest BCUT2D eigenvalue weighted by atomic mass is 9.89. The van der Waals surface area contributed by atoms with Gasteiger partial charge in [-0.25, -0.2) is 14.9 Å². The predicted octanol–water partition coefficient (Wildman–Crippen LogP) is 2.24. The molecule has 0 saturated carbocycles. The van der Waals surface area contributed by atoms with E-state index in [1.807, 2.05) is 24.3 Å². The number of hydrazine groups is 1. The van der Waals surface area contributed by atoms with Crippen molar-refractivity contribution in [2.45, 2.75) is 18.5 Å². The summed E-state index contributed by atoms with van der Waals surface area (Å²) in [6.45, 7) is 1.61. The molecule has 29 heavy (non-hydrogen) atoms. The van der Waals surface area contributed by atoms with Crippen LogP contribution in [0.5, 0.6) is 11.5 Å². The molecule has 3 saturated heterocycles. The molecule has 0 radical (unpaired) electrons. The van der Waals surface area contributed by atoms with E-state index in [1.165, 1.54) is 4.90 Å². The van der Waals surface area contributed by atoms with E-state index in [4.69, 9.17) is 9.47 Å². The summed E-state index contributed by atoms with van der Waals surface area (Å²) in [5, 5.41) is 4.28. The fourth-order valence-electron chi connectivity index (χ4n) is 4.98. The number of carbonyl (C=O) groups excluding carboxylic acids is 2. The Morgan fingerprint density at radius 1 is 0.828 bits per heavy atom. The predicted molar refractivity (Wildman–Crippen MR) is 107 cm³/mol. The molecule has 0 N–H and O–H groups in total. The summed E-state index contributed by atoms with van der Waals surface area (Å²) in [4.78, 5) is 28.3. The molecule has 3 fully saturated rings. The van der Waals surface area contributed by atoms with Crippen LogP contribution in [0.25, 0.3) is 0 Å². The fourth-order valence-corrected chi connectivity index (χ4v) is 4.98. The normalized spacial score (nSPS) is 26.7. The molecule has 0 aliphatic carbocycles. The zero-order valence-electron chi connectivity index (χ0n) is 16.4. The van der Waals surface area contributed by atoms with E-state index in [0.717, 1.165) is 30.8 Å². The molecule has 150 valence electrons. The molecular weight excluding hydrogens is 370 g/mol. The molecule has 7 heteroatoms. The number of methoxy groups -OCH3 is 2. The number of benzene rings is 2. The van der Waals surface area contributed by atoms with E-state index in [0.29, 0.717) is 11.4 Å². The maximum Gasteiger partial charge on any atom is 0.253 e. The van der Waals surface area contributed by atoms with E-state index < -0.39 is 12.0 Å². The number of imide groups is 1. The van der Waals surface area contributed by atoms with Gasteiger partial charge in [-0.3, -0.25) is 9.59 Å². The Morgan fingerprint density at radius 3 is 2.21 bits per heavy atom. The van der Waals surface area contributed by atoms with Crippen LogP contribution in [0, 0.1) is 5.92 Å². The van der Waals surface area contributed by atoms with E-state index in [9.17, 15) is 9.59 Å². The number of anilines is 1. The van der Waals surface area contributed by atoms with Crippen LogP contribution in [0.1, 0.15) is 18.0 Å². The molecule has 5 rings (SSSR count). The number of hydrogen-bond acceptors (Lipinski definition) is 6. The first-order valence-corrected chi connectivity index (χ1v) is 9.83. The summed E-state index contributed by atoms with van der Waals surface area (Å²) in [6.07, 6.45) is 0.971. The third-order valence-corrected chi connectivity index (χ3v) is 6.19. The highest BCUT2D eigenvalue weighted by atomic mass is 16.5. The van der Waals surface area contributed by atoms with Gasteiger partial charge in [0, 0.05) is 18.7 Å². The van der Waals surface area contributed by atoms with E-state index >= 15 is 0 Å². The first kappa shape index (κ1) is 18.1. The van der Waals surface area contributed by atoms with Crippen molar-refractivity contribution in [1.29, 1.82) is 0 Å². The molecule has 2 aromatic carbocycles. The Morgan fingerprint density at radius 2 is 1.52 bits per heavy atom. The molecular formula is C22H23N3O4. The lowest BCUT2D eigenvalue weighted by Crippen LogP contribution is -2.44. The van der Waals surface area contributed by atoms with Crippen LogP contribution < -0.4 is 14.4 Å². The monoisotopic (exact) mass is 393 g/mol. The van der Waals surface area contributed by atoms with Gasteiger partial charge in [-0.1, -0.05) is 18.2 Å². The topological polar surface area (TPSA) is 62.3 Å². The lowest BCUT2D eigenvalue weighted by Gasteiger charge is -2.30. The molecule has 2 amide bonds. The van der Waals surface area contributed by atoms with Gasteiger partial charge in [0.15, 0.2) is 0 Å². The summed E-state index contributed by atoms with van der Waals surface area (Å²) in [5.74, 6) is 0.657. The van der Waals surface area contributed by atoms with Gasteiger partial charge in [-0.15, -0.1) is 0 Å². The van der Waals surface area contributed by atoms with Crippen molar-refractivity contribution in [3.63, 3.8) is 0 Å². The minimum atomic E-state index is -0.470. The number of ether oxygens (including phenoxy) is 2. The lowest BCUT2D eigenvalue weighted by molar-refractivity contribution is -0.126. The molecule has 0 unspecified atom stereocenters. The van der Waals surface area contributed by atoms with Crippen LogP contribution in [0.15, 0.2) is 48.5 Å². The Labute approximate surface area is 169 Å². The van der Waals surface area contributed by atoms with Gasteiger partial charge >= 0.3 is 0 Å². The van der Waals surface area contributed by atoms with Gasteiger partial charge in [-0.2, -0.15) is 0 Å². The third kappa shape index (κ3) is 2.58. The first-order chi connectivity index (χ1) is 14.2. The van der Waals surface area contributed by atoms with E-state index in [1.54, 1.807) is 38.5 Å².